The highest BCUT2D eigenvalue weighted by atomic mass is 16.5. The Balaban J connectivity index is 4.16. The van der Waals surface area contributed by atoms with Gasteiger partial charge < -0.3 is 4.74 Å². The molecule has 2 heteroatoms. The van der Waals surface area contributed by atoms with Gasteiger partial charge in [0.2, 0.25) is 0 Å². The fraction of sp³-hybridized carbons (Fsp3) is 0.700. The third kappa shape index (κ3) is 2.78. The fourth-order valence-corrected chi connectivity index (χ4v) is 0.613. The molecule has 70 valence electrons. The first-order valence-corrected chi connectivity index (χ1v) is 4.20. The number of ether oxygens (including phenoxy) is 1. The van der Waals surface area contributed by atoms with Crippen LogP contribution in [-0.2, 0) is 9.53 Å². The van der Waals surface area contributed by atoms with E-state index >= 15 is 0 Å². The Hall–Kier alpha value is -0.630. The molecule has 0 radical (unpaired) electrons. The molecule has 0 N–H and O–H groups in total. The van der Waals surface area contributed by atoms with Gasteiger partial charge in [-0.3, -0.25) is 4.79 Å². The molecule has 0 aliphatic rings. The van der Waals surface area contributed by atoms with E-state index in [2.05, 4.69) is 6.58 Å². The van der Waals surface area contributed by atoms with Crippen LogP contribution in [0.15, 0.2) is 12.2 Å². The van der Waals surface area contributed by atoms with Crippen LogP contribution in [0.4, 0.5) is 0 Å². The topological polar surface area (TPSA) is 26.3 Å². The molecule has 2 nitrogen and oxygen atoms in total. The molecule has 12 heavy (non-hydrogen) atoms. The smallest absolute Gasteiger partial charge is 0.168 e. The third-order valence-electron chi connectivity index (χ3n) is 2.20. The van der Waals surface area contributed by atoms with Gasteiger partial charge in [-0.15, -0.1) is 0 Å². The van der Waals surface area contributed by atoms with E-state index in [0.29, 0.717) is 6.61 Å². The molecule has 0 atom stereocenters. The summed E-state index contributed by atoms with van der Waals surface area (Å²) in [5, 5.41) is 0. The van der Waals surface area contributed by atoms with Crippen LogP contribution in [0.1, 0.15) is 27.7 Å². The van der Waals surface area contributed by atoms with Crippen molar-refractivity contribution >= 4 is 5.78 Å². The first-order chi connectivity index (χ1) is 5.42. The monoisotopic (exact) mass is 170 g/mol. The van der Waals surface area contributed by atoms with Crippen molar-refractivity contribution in [2.45, 2.75) is 27.7 Å². The van der Waals surface area contributed by atoms with Crippen molar-refractivity contribution < 1.29 is 9.53 Å². The molecule has 0 spiro atoms. The van der Waals surface area contributed by atoms with Crippen molar-refractivity contribution in [1.29, 1.82) is 0 Å². The van der Waals surface area contributed by atoms with Gasteiger partial charge in [-0.05, 0) is 27.7 Å². The summed E-state index contributed by atoms with van der Waals surface area (Å²) in [6.45, 7) is 12.0. The zero-order valence-corrected chi connectivity index (χ0v) is 8.44. The highest BCUT2D eigenvalue weighted by Crippen LogP contribution is 2.25. The molecule has 0 aliphatic heterocycles. The largest absolute Gasteiger partial charge is 0.374 e. The molecular weight excluding hydrogens is 152 g/mol. The quantitative estimate of drug-likeness (QED) is 0.591. The first-order valence-electron chi connectivity index (χ1n) is 4.20. The van der Waals surface area contributed by atoms with E-state index in [9.17, 15) is 4.79 Å². The normalized spacial score (nSPS) is 11.3. The van der Waals surface area contributed by atoms with Crippen LogP contribution < -0.4 is 0 Å². The minimum absolute atomic E-state index is 0.0943. The molecule has 0 heterocycles. The van der Waals surface area contributed by atoms with Crippen LogP contribution in [0.2, 0.25) is 0 Å². The minimum Gasteiger partial charge on any atom is -0.374 e. The number of rotatable bonds is 5. The van der Waals surface area contributed by atoms with Crippen LogP contribution >= 0.6 is 0 Å². The van der Waals surface area contributed by atoms with Crippen LogP contribution in [0.5, 0.6) is 0 Å². The lowest BCUT2D eigenvalue weighted by Crippen LogP contribution is -2.29. The molecule has 0 unspecified atom stereocenters. The molecule has 0 aromatic rings. The van der Waals surface area contributed by atoms with E-state index in [0.717, 1.165) is 5.57 Å². The lowest BCUT2D eigenvalue weighted by Gasteiger charge is -2.22. The van der Waals surface area contributed by atoms with Gasteiger partial charge in [0.1, 0.15) is 6.61 Å². The number of carbonyl (C=O) groups excluding carboxylic acids is 1. The molecule has 0 rings (SSSR count). The number of allylic oxidation sites excluding steroid dienone is 1. The lowest BCUT2D eigenvalue weighted by atomic mass is 9.82. The van der Waals surface area contributed by atoms with Crippen molar-refractivity contribution in [2.24, 2.45) is 5.41 Å². The van der Waals surface area contributed by atoms with Crippen LogP contribution in [0, 0.1) is 5.41 Å². The number of hydrogen-bond donors (Lipinski definition) is 0. The first kappa shape index (κ1) is 11.4. The molecule has 0 saturated heterocycles. The second kappa shape index (κ2) is 4.41. The van der Waals surface area contributed by atoms with Crippen LogP contribution in [-0.4, -0.2) is 19.0 Å². The Morgan fingerprint density at radius 3 is 2.33 bits per heavy atom. The summed E-state index contributed by atoms with van der Waals surface area (Å²) in [6.07, 6.45) is 0. The van der Waals surface area contributed by atoms with Crippen molar-refractivity contribution in [2.75, 3.05) is 13.2 Å². The zero-order valence-electron chi connectivity index (χ0n) is 8.44. The van der Waals surface area contributed by atoms with Crippen molar-refractivity contribution in [3.63, 3.8) is 0 Å². The highest BCUT2D eigenvalue weighted by Gasteiger charge is 2.27. The second-order valence-electron chi connectivity index (χ2n) is 3.47. The molecule has 0 aromatic heterocycles. The Labute approximate surface area is 74.6 Å². The Bertz CT molecular complexity index is 180. The maximum Gasteiger partial charge on any atom is 0.168 e. The number of carbonyl (C=O) groups is 1. The summed E-state index contributed by atoms with van der Waals surface area (Å²) in [5.41, 5.74) is 0.432. The van der Waals surface area contributed by atoms with E-state index in [-0.39, 0.29) is 12.4 Å². The summed E-state index contributed by atoms with van der Waals surface area (Å²) in [4.78, 5) is 11.5. The molecule has 0 aliphatic carbocycles. The standard InChI is InChI=1S/C10H18O2/c1-6-12-7-9(11)10(4,5)8(2)3/h2,6-7H2,1,3-5H3. The summed E-state index contributed by atoms with van der Waals surface area (Å²) in [7, 11) is 0. The van der Waals surface area contributed by atoms with Gasteiger partial charge in [0, 0.05) is 12.0 Å². The van der Waals surface area contributed by atoms with E-state index in [1.807, 2.05) is 27.7 Å². The Morgan fingerprint density at radius 1 is 1.50 bits per heavy atom. The van der Waals surface area contributed by atoms with Gasteiger partial charge in [0.15, 0.2) is 5.78 Å². The predicted octanol–water partition coefficient (Wildman–Crippen LogP) is 2.19. The average molecular weight is 170 g/mol. The average Bonchev–Trinajstić information content (AvgIpc) is 1.99. The minimum atomic E-state index is -0.449. The molecule has 0 fully saturated rings. The Morgan fingerprint density at radius 2 is 2.00 bits per heavy atom. The maximum atomic E-state index is 11.5. The lowest BCUT2D eigenvalue weighted by molar-refractivity contribution is -0.129. The fourth-order valence-electron chi connectivity index (χ4n) is 0.613. The van der Waals surface area contributed by atoms with Crippen LogP contribution in [0.3, 0.4) is 0 Å². The number of ketones is 1. The molecule has 0 bridgehead atoms. The Kier molecular flexibility index (Phi) is 4.18. The molecule has 0 amide bonds. The summed E-state index contributed by atoms with van der Waals surface area (Å²) < 4.78 is 5.04. The van der Waals surface area contributed by atoms with Gasteiger partial charge in [0.05, 0.1) is 0 Å². The maximum absolute atomic E-state index is 11.5. The SMILES string of the molecule is C=C(C)C(C)(C)C(=O)COCC. The summed E-state index contributed by atoms with van der Waals surface area (Å²) in [5.74, 6) is 0.0943. The zero-order chi connectivity index (χ0) is 9.78. The van der Waals surface area contributed by atoms with Crippen molar-refractivity contribution in [3.05, 3.63) is 12.2 Å². The highest BCUT2D eigenvalue weighted by molar-refractivity contribution is 5.87. The van der Waals surface area contributed by atoms with E-state index in [1.165, 1.54) is 0 Å². The number of hydrogen-bond acceptors (Lipinski definition) is 2. The summed E-state index contributed by atoms with van der Waals surface area (Å²) >= 11 is 0. The van der Waals surface area contributed by atoms with Gasteiger partial charge in [-0.2, -0.15) is 0 Å². The van der Waals surface area contributed by atoms with Crippen molar-refractivity contribution in [1.82, 2.24) is 0 Å². The predicted molar refractivity (Wildman–Crippen MR) is 50.1 cm³/mol. The molecular formula is C10H18O2. The van der Waals surface area contributed by atoms with E-state index < -0.39 is 5.41 Å². The summed E-state index contributed by atoms with van der Waals surface area (Å²) in [6, 6.07) is 0. The second-order valence-corrected chi connectivity index (χ2v) is 3.47. The number of Topliss-reactive ketones (excluding diaryl/α,β-unsaturated/α-hetero) is 1. The van der Waals surface area contributed by atoms with Crippen molar-refractivity contribution in [3.8, 4) is 0 Å². The van der Waals surface area contributed by atoms with Crippen LogP contribution in [0.25, 0.3) is 0 Å². The molecule has 0 aromatic carbocycles. The van der Waals surface area contributed by atoms with Gasteiger partial charge >= 0.3 is 0 Å². The van der Waals surface area contributed by atoms with Gasteiger partial charge in [0.25, 0.3) is 0 Å². The van der Waals surface area contributed by atoms with Gasteiger partial charge in [-0.1, -0.05) is 12.2 Å². The van der Waals surface area contributed by atoms with E-state index in [4.69, 9.17) is 4.74 Å². The molecule has 0 saturated carbocycles. The van der Waals surface area contributed by atoms with E-state index in [1.54, 1.807) is 0 Å². The third-order valence-corrected chi connectivity index (χ3v) is 2.20. The van der Waals surface area contributed by atoms with Gasteiger partial charge in [-0.25, -0.2) is 0 Å².